The summed E-state index contributed by atoms with van der Waals surface area (Å²) >= 11 is 6.00. The molecule has 5 heteroatoms. The molecule has 1 aromatic carbocycles. The third-order valence-corrected chi connectivity index (χ3v) is 4.20. The lowest BCUT2D eigenvalue weighted by Crippen LogP contribution is -2.47. The van der Waals surface area contributed by atoms with Crippen LogP contribution >= 0.6 is 11.6 Å². The summed E-state index contributed by atoms with van der Waals surface area (Å²) < 4.78 is 5.55. The molecule has 1 aromatic rings. The maximum Gasteiger partial charge on any atom is 0.260 e. The van der Waals surface area contributed by atoms with Gasteiger partial charge in [-0.3, -0.25) is 4.79 Å². The fourth-order valence-corrected chi connectivity index (χ4v) is 2.75. The summed E-state index contributed by atoms with van der Waals surface area (Å²) in [4.78, 5) is 12.1. The Morgan fingerprint density at radius 1 is 1.38 bits per heavy atom. The van der Waals surface area contributed by atoms with Crippen LogP contribution in [-0.2, 0) is 4.79 Å². The van der Waals surface area contributed by atoms with Gasteiger partial charge in [0.05, 0.1) is 10.6 Å². The largest absolute Gasteiger partial charge is 0.479 e. The van der Waals surface area contributed by atoms with Gasteiger partial charge in [0.1, 0.15) is 5.75 Å². The lowest BCUT2D eigenvalue weighted by molar-refractivity contribution is -0.128. The van der Waals surface area contributed by atoms with Crippen molar-refractivity contribution in [2.45, 2.75) is 50.7 Å². The molecule has 1 aliphatic rings. The molecule has 116 valence electrons. The van der Waals surface area contributed by atoms with Crippen molar-refractivity contribution in [2.75, 3.05) is 6.54 Å². The number of carbonyl (C=O) groups is 1. The Morgan fingerprint density at radius 3 is 2.71 bits per heavy atom. The molecule has 2 N–H and O–H groups in total. The minimum Gasteiger partial charge on any atom is -0.479 e. The van der Waals surface area contributed by atoms with Crippen molar-refractivity contribution in [2.24, 2.45) is 0 Å². The molecule has 1 atom stereocenters. The van der Waals surface area contributed by atoms with Crippen LogP contribution in [0.3, 0.4) is 0 Å². The number of rotatable bonds is 5. The van der Waals surface area contributed by atoms with Crippen molar-refractivity contribution >= 4 is 17.5 Å². The van der Waals surface area contributed by atoms with Crippen LogP contribution in [0, 0.1) is 0 Å². The third kappa shape index (κ3) is 4.61. The molecule has 0 radical (unpaired) electrons. The number of para-hydroxylation sites is 1. The highest BCUT2D eigenvalue weighted by atomic mass is 35.5. The van der Waals surface area contributed by atoms with Crippen molar-refractivity contribution in [3.05, 3.63) is 29.3 Å². The van der Waals surface area contributed by atoms with Crippen LogP contribution in [0.15, 0.2) is 24.3 Å². The van der Waals surface area contributed by atoms with Gasteiger partial charge in [0.25, 0.3) is 5.91 Å². The van der Waals surface area contributed by atoms with E-state index in [0.717, 1.165) is 32.1 Å². The predicted octanol–water partition coefficient (Wildman–Crippen LogP) is 2.92. The summed E-state index contributed by atoms with van der Waals surface area (Å²) in [6, 6.07) is 7.04. The van der Waals surface area contributed by atoms with Crippen molar-refractivity contribution in [1.29, 1.82) is 0 Å². The minimum absolute atomic E-state index is 0.242. The Balaban J connectivity index is 1.84. The smallest absolute Gasteiger partial charge is 0.260 e. The van der Waals surface area contributed by atoms with Crippen LogP contribution < -0.4 is 10.1 Å². The van der Waals surface area contributed by atoms with Crippen LogP contribution in [0.25, 0.3) is 0 Å². The maximum atomic E-state index is 12.1. The van der Waals surface area contributed by atoms with E-state index in [2.05, 4.69) is 5.32 Å². The molecule has 0 saturated heterocycles. The summed E-state index contributed by atoms with van der Waals surface area (Å²) in [6.07, 6.45) is 4.01. The molecule has 0 spiro atoms. The van der Waals surface area contributed by atoms with Gasteiger partial charge in [-0.2, -0.15) is 0 Å². The SMILES string of the molecule is CC(Oc1ccccc1Cl)C(=O)NCC1(O)CCCCC1. The number of amides is 1. The zero-order valence-corrected chi connectivity index (χ0v) is 13.0. The first kappa shape index (κ1) is 16.1. The molecule has 1 fully saturated rings. The van der Waals surface area contributed by atoms with Gasteiger partial charge in [-0.1, -0.05) is 43.0 Å². The van der Waals surface area contributed by atoms with Gasteiger partial charge in [0.15, 0.2) is 6.10 Å². The Bertz CT molecular complexity index is 486. The molecular formula is C16H22ClNO3. The standard InChI is InChI=1S/C16H22ClNO3/c1-12(21-14-8-4-3-7-13(14)17)15(19)18-11-16(20)9-5-2-6-10-16/h3-4,7-8,12,20H,2,5-6,9-11H2,1H3,(H,18,19). The van der Waals surface area contributed by atoms with E-state index in [1.54, 1.807) is 31.2 Å². The molecule has 4 nitrogen and oxygen atoms in total. The fraction of sp³-hybridized carbons (Fsp3) is 0.562. The van der Waals surface area contributed by atoms with E-state index in [9.17, 15) is 9.90 Å². The van der Waals surface area contributed by atoms with Gasteiger partial charge in [-0.15, -0.1) is 0 Å². The second-order valence-corrected chi connectivity index (χ2v) is 6.10. The number of hydrogen-bond acceptors (Lipinski definition) is 3. The van der Waals surface area contributed by atoms with E-state index in [1.807, 2.05) is 0 Å². The Kier molecular flexibility index (Phi) is 5.48. The molecule has 0 heterocycles. The zero-order chi connectivity index (χ0) is 15.3. The van der Waals surface area contributed by atoms with Crippen LogP contribution in [0.2, 0.25) is 5.02 Å². The summed E-state index contributed by atoms with van der Waals surface area (Å²) in [7, 11) is 0. The van der Waals surface area contributed by atoms with E-state index in [-0.39, 0.29) is 12.5 Å². The highest BCUT2D eigenvalue weighted by Crippen LogP contribution is 2.27. The van der Waals surface area contributed by atoms with E-state index in [1.165, 1.54) is 0 Å². The molecule has 0 aromatic heterocycles. The average molecular weight is 312 g/mol. The quantitative estimate of drug-likeness (QED) is 0.879. The fourth-order valence-electron chi connectivity index (χ4n) is 2.57. The Morgan fingerprint density at radius 2 is 2.05 bits per heavy atom. The van der Waals surface area contributed by atoms with Crippen molar-refractivity contribution in [3.63, 3.8) is 0 Å². The van der Waals surface area contributed by atoms with Gasteiger partial charge < -0.3 is 15.2 Å². The normalized spacial score (nSPS) is 18.8. The van der Waals surface area contributed by atoms with E-state index in [4.69, 9.17) is 16.3 Å². The molecule has 1 saturated carbocycles. The van der Waals surface area contributed by atoms with Gasteiger partial charge in [-0.25, -0.2) is 0 Å². The first-order valence-corrected chi connectivity index (χ1v) is 7.79. The lowest BCUT2D eigenvalue weighted by atomic mass is 9.85. The minimum atomic E-state index is -0.766. The van der Waals surface area contributed by atoms with Gasteiger partial charge in [0.2, 0.25) is 0 Å². The first-order valence-electron chi connectivity index (χ1n) is 7.41. The van der Waals surface area contributed by atoms with E-state index in [0.29, 0.717) is 10.8 Å². The van der Waals surface area contributed by atoms with Crippen molar-refractivity contribution in [1.82, 2.24) is 5.32 Å². The first-order chi connectivity index (χ1) is 10.0. The van der Waals surface area contributed by atoms with Crippen molar-refractivity contribution < 1.29 is 14.6 Å². The predicted molar refractivity (Wildman–Crippen MR) is 82.6 cm³/mol. The second kappa shape index (κ2) is 7.14. The number of hydrogen-bond donors (Lipinski definition) is 2. The lowest BCUT2D eigenvalue weighted by Gasteiger charge is -2.32. The summed E-state index contributed by atoms with van der Waals surface area (Å²) in [5, 5.41) is 13.6. The monoisotopic (exact) mass is 311 g/mol. The number of carbonyl (C=O) groups excluding carboxylic acids is 1. The highest BCUT2D eigenvalue weighted by Gasteiger charge is 2.30. The molecule has 0 aliphatic heterocycles. The number of aliphatic hydroxyl groups is 1. The molecule has 1 unspecified atom stereocenters. The van der Waals surface area contributed by atoms with E-state index < -0.39 is 11.7 Å². The molecule has 21 heavy (non-hydrogen) atoms. The maximum absolute atomic E-state index is 12.1. The average Bonchev–Trinajstić information content (AvgIpc) is 2.48. The van der Waals surface area contributed by atoms with Crippen molar-refractivity contribution in [3.8, 4) is 5.75 Å². The summed E-state index contributed by atoms with van der Waals surface area (Å²) in [5.74, 6) is 0.243. The summed E-state index contributed by atoms with van der Waals surface area (Å²) in [5.41, 5.74) is -0.766. The van der Waals surface area contributed by atoms with Crippen LogP contribution in [0.4, 0.5) is 0 Å². The van der Waals surface area contributed by atoms with Gasteiger partial charge >= 0.3 is 0 Å². The third-order valence-electron chi connectivity index (χ3n) is 3.89. The van der Waals surface area contributed by atoms with Gasteiger partial charge in [0, 0.05) is 6.54 Å². The highest BCUT2D eigenvalue weighted by molar-refractivity contribution is 6.32. The molecule has 0 bridgehead atoms. The second-order valence-electron chi connectivity index (χ2n) is 5.69. The zero-order valence-electron chi connectivity index (χ0n) is 12.3. The van der Waals surface area contributed by atoms with Crippen LogP contribution in [0.5, 0.6) is 5.75 Å². The number of halogens is 1. The number of nitrogens with one attached hydrogen (secondary N) is 1. The van der Waals surface area contributed by atoms with Gasteiger partial charge in [-0.05, 0) is 31.9 Å². The summed E-state index contributed by atoms with van der Waals surface area (Å²) in [6.45, 7) is 1.95. The number of benzene rings is 1. The number of ether oxygens (including phenoxy) is 1. The molecule has 1 amide bonds. The molecular weight excluding hydrogens is 290 g/mol. The van der Waals surface area contributed by atoms with Crippen LogP contribution in [-0.4, -0.2) is 29.3 Å². The van der Waals surface area contributed by atoms with E-state index >= 15 is 0 Å². The van der Waals surface area contributed by atoms with Crippen LogP contribution in [0.1, 0.15) is 39.0 Å². The topological polar surface area (TPSA) is 58.6 Å². The Hall–Kier alpha value is -1.26. The molecule has 1 aliphatic carbocycles. The Labute approximate surface area is 130 Å². The molecule has 2 rings (SSSR count).